The first kappa shape index (κ1) is 18.0. The lowest BCUT2D eigenvalue weighted by Crippen LogP contribution is -2.33. The van der Waals surface area contributed by atoms with Crippen LogP contribution in [0.15, 0.2) is 48.5 Å². The van der Waals surface area contributed by atoms with E-state index >= 15 is 0 Å². The summed E-state index contributed by atoms with van der Waals surface area (Å²) < 4.78 is 4.70. The average molecular weight is 326 g/mol. The molecular weight excluding hydrogens is 300 g/mol. The second-order valence-corrected chi connectivity index (χ2v) is 5.94. The van der Waals surface area contributed by atoms with Crippen molar-refractivity contribution in [3.63, 3.8) is 0 Å². The first-order valence-electron chi connectivity index (χ1n) is 8.27. The van der Waals surface area contributed by atoms with E-state index in [1.165, 1.54) is 18.4 Å². The van der Waals surface area contributed by atoms with Crippen molar-refractivity contribution in [2.45, 2.75) is 32.9 Å². The minimum atomic E-state index is -0.619. The molecular formula is C20H26N2O2. The molecule has 0 saturated heterocycles. The Labute approximate surface area is 144 Å². The Morgan fingerprint density at radius 3 is 2.50 bits per heavy atom. The number of ether oxygens (including phenoxy) is 1. The number of nitrogens with zero attached hydrogens (tertiary/aromatic N) is 1. The highest BCUT2D eigenvalue weighted by Crippen LogP contribution is 2.22. The number of hydrogen-bond donors (Lipinski definition) is 1. The van der Waals surface area contributed by atoms with Crippen LogP contribution in [0.5, 0.6) is 0 Å². The molecule has 0 bridgehead atoms. The van der Waals surface area contributed by atoms with Crippen LogP contribution in [-0.2, 0) is 22.5 Å². The average Bonchev–Trinajstić information content (AvgIpc) is 2.61. The van der Waals surface area contributed by atoms with Crippen molar-refractivity contribution in [3.8, 4) is 0 Å². The third-order valence-electron chi connectivity index (χ3n) is 4.23. The van der Waals surface area contributed by atoms with Crippen molar-refractivity contribution < 1.29 is 9.53 Å². The Morgan fingerprint density at radius 2 is 1.92 bits per heavy atom. The SMILES string of the molecule is CCN(Cc1ccccc1)c1ccc(CC(N)C(=O)OC)c(C)c1. The molecule has 2 aromatic carbocycles. The molecule has 2 N–H and O–H groups in total. The van der Waals surface area contributed by atoms with E-state index in [-0.39, 0.29) is 5.97 Å². The van der Waals surface area contributed by atoms with Crippen LogP contribution in [0.3, 0.4) is 0 Å². The van der Waals surface area contributed by atoms with Crippen molar-refractivity contribution in [1.29, 1.82) is 0 Å². The van der Waals surface area contributed by atoms with Gasteiger partial charge < -0.3 is 15.4 Å². The number of carbonyl (C=O) groups is 1. The summed E-state index contributed by atoms with van der Waals surface area (Å²) in [6.07, 6.45) is 0.490. The number of aryl methyl sites for hydroxylation is 1. The van der Waals surface area contributed by atoms with Crippen LogP contribution in [0.25, 0.3) is 0 Å². The summed E-state index contributed by atoms with van der Waals surface area (Å²) in [6.45, 7) is 6.01. The van der Waals surface area contributed by atoms with Gasteiger partial charge in [0.25, 0.3) is 0 Å². The fourth-order valence-electron chi connectivity index (χ4n) is 2.77. The number of rotatable bonds is 7. The second kappa shape index (κ2) is 8.50. The maximum atomic E-state index is 11.5. The topological polar surface area (TPSA) is 55.6 Å². The molecule has 0 aliphatic carbocycles. The van der Waals surface area contributed by atoms with Crippen molar-refractivity contribution in [1.82, 2.24) is 0 Å². The van der Waals surface area contributed by atoms with Crippen LogP contribution in [0.2, 0.25) is 0 Å². The minimum Gasteiger partial charge on any atom is -0.468 e. The quantitative estimate of drug-likeness (QED) is 0.795. The zero-order valence-electron chi connectivity index (χ0n) is 14.7. The van der Waals surface area contributed by atoms with Gasteiger partial charge in [-0.05, 0) is 49.1 Å². The molecule has 0 amide bonds. The molecule has 2 aromatic rings. The van der Waals surface area contributed by atoms with Gasteiger partial charge in [-0.3, -0.25) is 4.79 Å². The Morgan fingerprint density at radius 1 is 1.21 bits per heavy atom. The van der Waals surface area contributed by atoms with Gasteiger partial charge in [0, 0.05) is 18.8 Å². The predicted octanol–water partition coefficient (Wildman–Crippen LogP) is 3.06. The molecule has 0 saturated carbocycles. The van der Waals surface area contributed by atoms with Gasteiger partial charge in [0.1, 0.15) is 6.04 Å². The van der Waals surface area contributed by atoms with E-state index < -0.39 is 6.04 Å². The number of benzene rings is 2. The molecule has 0 radical (unpaired) electrons. The Hall–Kier alpha value is -2.33. The maximum Gasteiger partial charge on any atom is 0.322 e. The molecule has 0 fully saturated rings. The van der Waals surface area contributed by atoms with Crippen molar-refractivity contribution in [2.75, 3.05) is 18.6 Å². The molecule has 2 rings (SSSR count). The van der Waals surface area contributed by atoms with Gasteiger partial charge in [0.05, 0.1) is 7.11 Å². The normalized spacial score (nSPS) is 11.8. The Bertz CT molecular complexity index is 671. The van der Waals surface area contributed by atoms with Gasteiger partial charge in [0.2, 0.25) is 0 Å². The standard InChI is InChI=1S/C20H26N2O2/c1-4-22(14-16-8-6-5-7-9-16)18-11-10-17(15(2)12-18)13-19(21)20(23)24-3/h5-12,19H,4,13-14,21H2,1-3H3. The van der Waals surface area contributed by atoms with Crippen LogP contribution in [0.4, 0.5) is 5.69 Å². The fourth-order valence-corrected chi connectivity index (χ4v) is 2.77. The Kier molecular flexibility index (Phi) is 6.38. The summed E-state index contributed by atoms with van der Waals surface area (Å²) >= 11 is 0. The molecule has 1 atom stereocenters. The number of anilines is 1. The van der Waals surface area contributed by atoms with Crippen LogP contribution in [0.1, 0.15) is 23.6 Å². The van der Waals surface area contributed by atoms with Crippen LogP contribution >= 0.6 is 0 Å². The lowest BCUT2D eigenvalue weighted by Gasteiger charge is -2.24. The highest BCUT2D eigenvalue weighted by atomic mass is 16.5. The molecule has 128 valence electrons. The summed E-state index contributed by atoms with van der Waals surface area (Å²) in [4.78, 5) is 13.8. The van der Waals surface area contributed by atoms with Gasteiger partial charge in [-0.1, -0.05) is 36.4 Å². The van der Waals surface area contributed by atoms with Gasteiger partial charge >= 0.3 is 5.97 Å². The monoisotopic (exact) mass is 326 g/mol. The van der Waals surface area contributed by atoms with E-state index in [4.69, 9.17) is 10.5 Å². The summed E-state index contributed by atoms with van der Waals surface area (Å²) in [5, 5.41) is 0. The third-order valence-corrected chi connectivity index (χ3v) is 4.23. The molecule has 0 heterocycles. The molecule has 0 aliphatic rings. The highest BCUT2D eigenvalue weighted by Gasteiger charge is 2.16. The predicted molar refractivity (Wildman–Crippen MR) is 98.0 cm³/mol. The van der Waals surface area contributed by atoms with Gasteiger partial charge in [-0.15, -0.1) is 0 Å². The number of carbonyl (C=O) groups excluding carboxylic acids is 1. The second-order valence-electron chi connectivity index (χ2n) is 5.94. The summed E-state index contributed by atoms with van der Waals surface area (Å²) in [6, 6.07) is 16.1. The van der Waals surface area contributed by atoms with E-state index in [2.05, 4.69) is 61.2 Å². The first-order valence-corrected chi connectivity index (χ1v) is 8.27. The van der Waals surface area contributed by atoms with Crippen LogP contribution in [0, 0.1) is 6.92 Å². The number of nitrogens with two attached hydrogens (primary N) is 1. The first-order chi connectivity index (χ1) is 11.5. The van der Waals surface area contributed by atoms with Crippen LogP contribution < -0.4 is 10.6 Å². The molecule has 0 aromatic heterocycles. The van der Waals surface area contributed by atoms with E-state index in [0.29, 0.717) is 6.42 Å². The highest BCUT2D eigenvalue weighted by molar-refractivity contribution is 5.75. The lowest BCUT2D eigenvalue weighted by atomic mass is 10.0. The van der Waals surface area contributed by atoms with Gasteiger partial charge in [0.15, 0.2) is 0 Å². The minimum absolute atomic E-state index is 0.377. The van der Waals surface area contributed by atoms with Gasteiger partial charge in [-0.25, -0.2) is 0 Å². The van der Waals surface area contributed by atoms with Crippen LogP contribution in [-0.4, -0.2) is 25.7 Å². The van der Waals surface area contributed by atoms with E-state index in [1.807, 2.05) is 6.07 Å². The van der Waals surface area contributed by atoms with E-state index in [1.54, 1.807) is 0 Å². The molecule has 0 spiro atoms. The zero-order chi connectivity index (χ0) is 17.5. The van der Waals surface area contributed by atoms with E-state index in [9.17, 15) is 4.79 Å². The maximum absolute atomic E-state index is 11.5. The molecule has 24 heavy (non-hydrogen) atoms. The lowest BCUT2D eigenvalue weighted by molar-refractivity contribution is -0.142. The van der Waals surface area contributed by atoms with Gasteiger partial charge in [-0.2, -0.15) is 0 Å². The third kappa shape index (κ3) is 4.59. The van der Waals surface area contributed by atoms with Crippen molar-refractivity contribution in [2.24, 2.45) is 5.73 Å². The summed E-state index contributed by atoms with van der Waals surface area (Å²) in [7, 11) is 1.36. The molecule has 1 unspecified atom stereocenters. The number of esters is 1. The zero-order valence-corrected chi connectivity index (χ0v) is 14.7. The fraction of sp³-hybridized carbons (Fsp3) is 0.350. The Balaban J connectivity index is 2.13. The number of methoxy groups -OCH3 is 1. The van der Waals surface area contributed by atoms with Crippen molar-refractivity contribution >= 4 is 11.7 Å². The summed E-state index contributed by atoms with van der Waals surface area (Å²) in [5.74, 6) is -0.377. The van der Waals surface area contributed by atoms with Crippen molar-refractivity contribution in [3.05, 3.63) is 65.2 Å². The molecule has 4 heteroatoms. The van der Waals surface area contributed by atoms with E-state index in [0.717, 1.165) is 24.2 Å². The molecule has 4 nitrogen and oxygen atoms in total. The number of hydrogen-bond acceptors (Lipinski definition) is 4. The molecule has 0 aliphatic heterocycles. The largest absolute Gasteiger partial charge is 0.468 e. The smallest absolute Gasteiger partial charge is 0.322 e. The summed E-state index contributed by atoms with van der Waals surface area (Å²) in [5.41, 5.74) is 10.5.